The topological polar surface area (TPSA) is 49.3 Å². The zero-order valence-corrected chi connectivity index (χ0v) is 12.6. The van der Waals surface area contributed by atoms with E-state index in [0.717, 1.165) is 40.4 Å². The normalized spacial score (nSPS) is 10.2. The molecule has 94 valence electrons. The largest absolute Gasteiger partial charge is 0.481 e. The summed E-state index contributed by atoms with van der Waals surface area (Å²) in [7, 11) is 0. The number of benzene rings is 1. The Balaban J connectivity index is 2.20. The van der Waals surface area contributed by atoms with Crippen LogP contribution in [0.5, 0.6) is 0 Å². The minimum Gasteiger partial charge on any atom is -0.481 e. The van der Waals surface area contributed by atoms with Gasteiger partial charge in [0.05, 0.1) is 0 Å². The van der Waals surface area contributed by atoms with Crippen LogP contribution in [-0.4, -0.2) is 17.6 Å². The minimum atomic E-state index is -0.714. The summed E-state index contributed by atoms with van der Waals surface area (Å²) in [5.74, 6) is -0.714. The van der Waals surface area contributed by atoms with E-state index in [1.54, 1.807) is 0 Å². The predicted octanol–water partition coefficient (Wildman–Crippen LogP) is 4.27. The summed E-state index contributed by atoms with van der Waals surface area (Å²) in [5, 5.41) is 11.8. The van der Waals surface area contributed by atoms with Gasteiger partial charge < -0.3 is 10.4 Å². The van der Waals surface area contributed by atoms with Crippen LogP contribution in [0.25, 0.3) is 0 Å². The van der Waals surface area contributed by atoms with E-state index >= 15 is 0 Å². The molecule has 0 fully saturated rings. The molecule has 0 bridgehead atoms. The van der Waals surface area contributed by atoms with E-state index in [4.69, 9.17) is 5.11 Å². The predicted molar refractivity (Wildman–Crippen MR) is 76.4 cm³/mol. The summed E-state index contributed by atoms with van der Waals surface area (Å²) in [5.41, 5.74) is 1.06. The fourth-order valence-electron chi connectivity index (χ4n) is 1.43. The lowest BCUT2D eigenvalue weighted by molar-refractivity contribution is -0.137. The first kappa shape index (κ1) is 14.5. The van der Waals surface area contributed by atoms with Gasteiger partial charge in [-0.1, -0.05) is 22.4 Å². The maximum atomic E-state index is 10.3. The molecular weight excluding hydrogens is 350 g/mol. The van der Waals surface area contributed by atoms with Crippen molar-refractivity contribution in [2.45, 2.75) is 25.7 Å². The van der Waals surface area contributed by atoms with E-state index < -0.39 is 5.97 Å². The summed E-state index contributed by atoms with van der Waals surface area (Å²) in [6, 6.07) is 5.98. The van der Waals surface area contributed by atoms with Gasteiger partial charge in [0.2, 0.25) is 0 Å². The van der Waals surface area contributed by atoms with Crippen LogP contribution in [0.15, 0.2) is 27.1 Å². The van der Waals surface area contributed by atoms with Gasteiger partial charge in [0, 0.05) is 27.6 Å². The Morgan fingerprint density at radius 3 is 2.65 bits per heavy atom. The van der Waals surface area contributed by atoms with E-state index in [9.17, 15) is 4.79 Å². The smallest absolute Gasteiger partial charge is 0.303 e. The number of hydrogen-bond donors (Lipinski definition) is 2. The summed E-state index contributed by atoms with van der Waals surface area (Å²) in [4.78, 5) is 10.3. The van der Waals surface area contributed by atoms with E-state index in [2.05, 4.69) is 37.2 Å². The van der Waals surface area contributed by atoms with Crippen molar-refractivity contribution in [1.29, 1.82) is 0 Å². The lowest BCUT2D eigenvalue weighted by atomic mass is 10.2. The molecule has 0 aliphatic rings. The van der Waals surface area contributed by atoms with Crippen LogP contribution in [0, 0.1) is 0 Å². The Morgan fingerprint density at radius 2 is 2.00 bits per heavy atom. The van der Waals surface area contributed by atoms with Gasteiger partial charge in [0.1, 0.15) is 0 Å². The maximum Gasteiger partial charge on any atom is 0.303 e. The van der Waals surface area contributed by atoms with Crippen molar-refractivity contribution < 1.29 is 9.90 Å². The van der Waals surface area contributed by atoms with Gasteiger partial charge in [0.25, 0.3) is 0 Å². The molecule has 0 aliphatic heterocycles. The van der Waals surface area contributed by atoms with Gasteiger partial charge in [0.15, 0.2) is 0 Å². The molecule has 0 aliphatic carbocycles. The molecule has 0 amide bonds. The Kier molecular flexibility index (Phi) is 6.58. The Labute approximate surface area is 118 Å². The molecule has 0 aromatic heterocycles. The number of anilines is 1. The molecule has 1 rings (SSSR count). The van der Waals surface area contributed by atoms with Crippen LogP contribution in [0.4, 0.5) is 5.69 Å². The average Bonchev–Trinajstić information content (AvgIpc) is 2.25. The van der Waals surface area contributed by atoms with E-state index in [-0.39, 0.29) is 6.42 Å². The third kappa shape index (κ3) is 6.07. The molecule has 0 radical (unpaired) electrons. The van der Waals surface area contributed by atoms with Crippen molar-refractivity contribution in [1.82, 2.24) is 0 Å². The summed E-state index contributed by atoms with van der Waals surface area (Å²) >= 11 is 6.88. The number of nitrogens with one attached hydrogen (secondary N) is 1. The van der Waals surface area contributed by atoms with Crippen molar-refractivity contribution in [3.8, 4) is 0 Å². The van der Waals surface area contributed by atoms with Crippen molar-refractivity contribution in [2.75, 3.05) is 11.9 Å². The summed E-state index contributed by atoms with van der Waals surface area (Å²) in [6.07, 6.45) is 2.93. The molecule has 0 spiro atoms. The van der Waals surface area contributed by atoms with Gasteiger partial charge >= 0.3 is 5.97 Å². The zero-order chi connectivity index (χ0) is 12.7. The molecule has 5 heteroatoms. The van der Waals surface area contributed by atoms with Crippen LogP contribution >= 0.6 is 31.9 Å². The molecule has 0 atom stereocenters. The zero-order valence-electron chi connectivity index (χ0n) is 9.38. The first-order valence-electron chi connectivity index (χ1n) is 5.50. The molecule has 1 aromatic rings. The number of hydrogen-bond acceptors (Lipinski definition) is 2. The van der Waals surface area contributed by atoms with E-state index in [1.165, 1.54) is 0 Å². The van der Waals surface area contributed by atoms with Crippen molar-refractivity contribution in [3.63, 3.8) is 0 Å². The maximum absolute atomic E-state index is 10.3. The number of carboxylic acid groups (broad SMARTS) is 1. The van der Waals surface area contributed by atoms with Gasteiger partial charge in [-0.25, -0.2) is 0 Å². The Bertz CT molecular complexity index is 383. The van der Waals surface area contributed by atoms with Gasteiger partial charge in [-0.05, 0) is 47.0 Å². The molecule has 3 nitrogen and oxygen atoms in total. The monoisotopic (exact) mass is 363 g/mol. The van der Waals surface area contributed by atoms with Crippen molar-refractivity contribution in [3.05, 3.63) is 27.1 Å². The highest BCUT2D eigenvalue weighted by molar-refractivity contribution is 9.11. The molecule has 0 saturated heterocycles. The molecule has 0 saturated carbocycles. The quantitative estimate of drug-likeness (QED) is 0.710. The van der Waals surface area contributed by atoms with Crippen LogP contribution < -0.4 is 5.32 Å². The SMILES string of the molecule is O=C(O)CCCCCNc1ccc(Br)cc1Br. The number of carbonyl (C=O) groups is 1. The first-order chi connectivity index (χ1) is 8.09. The van der Waals surface area contributed by atoms with E-state index in [1.807, 2.05) is 18.2 Å². The van der Waals surface area contributed by atoms with Crippen LogP contribution in [0.2, 0.25) is 0 Å². The number of carboxylic acids is 1. The molecule has 0 unspecified atom stereocenters. The van der Waals surface area contributed by atoms with Crippen molar-refractivity contribution in [2.24, 2.45) is 0 Å². The van der Waals surface area contributed by atoms with Crippen LogP contribution in [0.1, 0.15) is 25.7 Å². The molecular formula is C12H15Br2NO2. The van der Waals surface area contributed by atoms with Gasteiger partial charge in [-0.2, -0.15) is 0 Å². The fraction of sp³-hybridized carbons (Fsp3) is 0.417. The highest BCUT2D eigenvalue weighted by Gasteiger charge is 2.00. The highest BCUT2D eigenvalue weighted by Crippen LogP contribution is 2.26. The molecule has 2 N–H and O–H groups in total. The first-order valence-corrected chi connectivity index (χ1v) is 7.09. The lowest BCUT2D eigenvalue weighted by Crippen LogP contribution is -2.02. The molecule has 17 heavy (non-hydrogen) atoms. The Morgan fingerprint density at radius 1 is 1.24 bits per heavy atom. The standard InChI is InChI=1S/C12H15Br2NO2/c13-9-5-6-11(10(14)8-9)15-7-3-1-2-4-12(16)17/h5-6,8,15H,1-4,7H2,(H,16,17). The summed E-state index contributed by atoms with van der Waals surface area (Å²) < 4.78 is 2.06. The third-order valence-electron chi connectivity index (χ3n) is 2.31. The number of halogens is 2. The number of aliphatic carboxylic acids is 1. The third-order valence-corrected chi connectivity index (χ3v) is 3.46. The molecule has 0 heterocycles. The second kappa shape index (κ2) is 7.71. The summed E-state index contributed by atoms with van der Waals surface area (Å²) in [6.45, 7) is 0.861. The number of unbranched alkanes of at least 4 members (excludes halogenated alkanes) is 2. The van der Waals surface area contributed by atoms with Crippen LogP contribution in [-0.2, 0) is 4.79 Å². The fourth-order valence-corrected chi connectivity index (χ4v) is 2.62. The second-order valence-electron chi connectivity index (χ2n) is 3.76. The average molecular weight is 365 g/mol. The second-order valence-corrected chi connectivity index (χ2v) is 5.53. The van der Waals surface area contributed by atoms with E-state index in [0.29, 0.717) is 0 Å². The molecule has 1 aromatic carbocycles. The lowest BCUT2D eigenvalue weighted by Gasteiger charge is -2.08. The number of rotatable bonds is 7. The highest BCUT2D eigenvalue weighted by atomic mass is 79.9. The van der Waals surface area contributed by atoms with Gasteiger partial charge in [-0.3, -0.25) is 4.79 Å². The minimum absolute atomic E-state index is 0.266. The van der Waals surface area contributed by atoms with Gasteiger partial charge in [-0.15, -0.1) is 0 Å². The van der Waals surface area contributed by atoms with Crippen molar-refractivity contribution >= 4 is 43.5 Å². The Hall–Kier alpha value is -0.550. The van der Waals surface area contributed by atoms with Crippen LogP contribution in [0.3, 0.4) is 0 Å².